The number of benzene rings is 1. The van der Waals surface area contributed by atoms with Gasteiger partial charge in [0.1, 0.15) is 6.61 Å². The van der Waals surface area contributed by atoms with Gasteiger partial charge in [0.05, 0.1) is 6.54 Å². The number of carbonyl (C=O) groups is 2. The SMILES string of the molecule is O=C(O)CNC[C@H]1CCCN(C(=O)OCc2ccccc2)C1. The molecular formula is C16H22N2O4. The van der Waals surface area contributed by atoms with Crippen LogP contribution < -0.4 is 5.32 Å². The number of aliphatic carboxylic acids is 1. The molecule has 2 N–H and O–H groups in total. The predicted molar refractivity (Wildman–Crippen MR) is 81.4 cm³/mol. The van der Waals surface area contributed by atoms with Gasteiger partial charge < -0.3 is 20.1 Å². The van der Waals surface area contributed by atoms with Crippen molar-refractivity contribution in [1.82, 2.24) is 10.2 Å². The first-order valence-electron chi connectivity index (χ1n) is 7.53. The van der Waals surface area contributed by atoms with Crippen LogP contribution >= 0.6 is 0 Å². The van der Waals surface area contributed by atoms with Crippen LogP contribution in [0.5, 0.6) is 0 Å². The van der Waals surface area contributed by atoms with E-state index in [1.54, 1.807) is 4.90 Å². The fourth-order valence-corrected chi connectivity index (χ4v) is 2.59. The van der Waals surface area contributed by atoms with E-state index in [9.17, 15) is 9.59 Å². The number of rotatable bonds is 6. The molecule has 0 spiro atoms. The molecule has 1 atom stereocenters. The lowest BCUT2D eigenvalue weighted by Crippen LogP contribution is -2.43. The molecule has 0 aliphatic carbocycles. The van der Waals surface area contributed by atoms with E-state index >= 15 is 0 Å². The summed E-state index contributed by atoms with van der Waals surface area (Å²) in [5.74, 6) is -0.590. The number of carboxylic acids is 1. The van der Waals surface area contributed by atoms with Crippen molar-refractivity contribution in [3.63, 3.8) is 0 Å². The maximum absolute atomic E-state index is 12.1. The number of hydrogen-bond donors (Lipinski definition) is 2. The highest BCUT2D eigenvalue weighted by atomic mass is 16.6. The summed E-state index contributed by atoms with van der Waals surface area (Å²) in [7, 11) is 0. The van der Waals surface area contributed by atoms with Crippen LogP contribution in [0.15, 0.2) is 30.3 Å². The van der Waals surface area contributed by atoms with Gasteiger partial charge in [0.2, 0.25) is 0 Å². The van der Waals surface area contributed by atoms with Gasteiger partial charge in [-0.3, -0.25) is 4.79 Å². The zero-order valence-corrected chi connectivity index (χ0v) is 12.5. The van der Waals surface area contributed by atoms with Crippen molar-refractivity contribution in [3.8, 4) is 0 Å². The van der Waals surface area contributed by atoms with Gasteiger partial charge in [0.25, 0.3) is 0 Å². The van der Waals surface area contributed by atoms with Crippen LogP contribution in [0, 0.1) is 5.92 Å². The summed E-state index contributed by atoms with van der Waals surface area (Å²) in [6, 6.07) is 9.58. The summed E-state index contributed by atoms with van der Waals surface area (Å²) >= 11 is 0. The Morgan fingerprint density at radius 3 is 2.82 bits per heavy atom. The Balaban J connectivity index is 1.73. The fourth-order valence-electron chi connectivity index (χ4n) is 2.59. The van der Waals surface area contributed by atoms with Gasteiger partial charge in [-0.1, -0.05) is 30.3 Å². The molecule has 0 aromatic heterocycles. The monoisotopic (exact) mass is 306 g/mol. The second-order valence-corrected chi connectivity index (χ2v) is 5.52. The van der Waals surface area contributed by atoms with Crippen molar-refractivity contribution in [2.45, 2.75) is 19.4 Å². The molecule has 0 radical (unpaired) electrons. The van der Waals surface area contributed by atoms with E-state index in [1.807, 2.05) is 30.3 Å². The molecule has 1 saturated heterocycles. The van der Waals surface area contributed by atoms with Crippen LogP contribution in [0.25, 0.3) is 0 Å². The van der Waals surface area contributed by atoms with Crippen molar-refractivity contribution in [2.24, 2.45) is 5.92 Å². The number of nitrogens with zero attached hydrogens (tertiary/aromatic N) is 1. The molecule has 6 heteroatoms. The molecule has 1 aromatic rings. The number of likely N-dealkylation sites (tertiary alicyclic amines) is 1. The van der Waals surface area contributed by atoms with E-state index in [1.165, 1.54) is 0 Å². The summed E-state index contributed by atoms with van der Waals surface area (Å²) in [6.07, 6.45) is 1.61. The van der Waals surface area contributed by atoms with E-state index < -0.39 is 5.97 Å². The van der Waals surface area contributed by atoms with Crippen LogP contribution in [-0.2, 0) is 16.1 Å². The Bertz CT molecular complexity index is 492. The van der Waals surface area contributed by atoms with Gasteiger partial charge in [0.15, 0.2) is 0 Å². The predicted octanol–water partition coefficient (Wildman–Crippen LogP) is 1.71. The molecule has 0 unspecified atom stereocenters. The van der Waals surface area contributed by atoms with Crippen LogP contribution in [0.4, 0.5) is 4.79 Å². The first-order valence-corrected chi connectivity index (χ1v) is 7.53. The summed E-state index contributed by atoms with van der Waals surface area (Å²) in [6.45, 7) is 2.14. The molecule has 1 aromatic carbocycles. The van der Waals surface area contributed by atoms with Crippen molar-refractivity contribution in [1.29, 1.82) is 0 Å². The number of carboxylic acid groups (broad SMARTS) is 1. The number of hydrogen-bond acceptors (Lipinski definition) is 4. The number of ether oxygens (including phenoxy) is 1. The Morgan fingerprint density at radius 2 is 2.09 bits per heavy atom. The maximum Gasteiger partial charge on any atom is 0.410 e. The standard InChI is InChI=1S/C16H22N2O4/c19-15(20)10-17-9-14-7-4-8-18(11-14)16(21)22-12-13-5-2-1-3-6-13/h1-3,5-6,14,17H,4,7-12H2,(H,19,20)/t14-/m1/s1. The minimum Gasteiger partial charge on any atom is -0.480 e. The molecule has 0 saturated carbocycles. The highest BCUT2D eigenvalue weighted by molar-refractivity contribution is 5.69. The first kappa shape index (κ1) is 16.3. The molecule has 0 bridgehead atoms. The normalized spacial score (nSPS) is 18.0. The molecule has 22 heavy (non-hydrogen) atoms. The summed E-state index contributed by atoms with van der Waals surface area (Å²) in [5, 5.41) is 11.5. The second-order valence-electron chi connectivity index (χ2n) is 5.52. The van der Waals surface area contributed by atoms with Gasteiger partial charge in [-0.15, -0.1) is 0 Å². The van der Waals surface area contributed by atoms with Crippen molar-refractivity contribution in [2.75, 3.05) is 26.2 Å². The Labute approximate surface area is 130 Å². The minimum atomic E-state index is -0.866. The number of carbonyl (C=O) groups excluding carboxylic acids is 1. The Kier molecular flexibility index (Phi) is 6.21. The van der Waals surface area contributed by atoms with Gasteiger partial charge in [-0.2, -0.15) is 0 Å². The van der Waals surface area contributed by atoms with Crippen molar-refractivity contribution < 1.29 is 19.4 Å². The molecule has 2 rings (SSSR count). The third-order valence-corrected chi connectivity index (χ3v) is 3.69. The van der Waals surface area contributed by atoms with E-state index in [-0.39, 0.29) is 25.2 Å². The summed E-state index contributed by atoms with van der Waals surface area (Å²) in [4.78, 5) is 24.3. The molecule has 6 nitrogen and oxygen atoms in total. The molecule has 1 fully saturated rings. The number of amides is 1. The Hall–Kier alpha value is -2.08. The quantitative estimate of drug-likeness (QED) is 0.836. The van der Waals surface area contributed by atoms with E-state index in [2.05, 4.69) is 5.32 Å². The topological polar surface area (TPSA) is 78.9 Å². The number of piperidine rings is 1. The highest BCUT2D eigenvalue weighted by Crippen LogP contribution is 2.17. The molecule has 1 heterocycles. The third kappa shape index (κ3) is 5.37. The molecule has 120 valence electrons. The van der Waals surface area contributed by atoms with Crippen LogP contribution in [0.3, 0.4) is 0 Å². The van der Waals surface area contributed by atoms with E-state index in [0.29, 0.717) is 19.6 Å². The van der Waals surface area contributed by atoms with Gasteiger partial charge in [0, 0.05) is 19.6 Å². The van der Waals surface area contributed by atoms with Gasteiger partial charge in [-0.25, -0.2) is 4.79 Å². The highest BCUT2D eigenvalue weighted by Gasteiger charge is 2.24. The molecule has 1 aliphatic heterocycles. The van der Waals surface area contributed by atoms with Crippen LogP contribution in [-0.4, -0.2) is 48.2 Å². The molecule has 1 aliphatic rings. The maximum atomic E-state index is 12.1. The summed E-state index contributed by atoms with van der Waals surface area (Å²) < 4.78 is 5.33. The van der Waals surface area contributed by atoms with E-state index in [4.69, 9.17) is 9.84 Å². The van der Waals surface area contributed by atoms with Crippen LogP contribution in [0.1, 0.15) is 18.4 Å². The van der Waals surface area contributed by atoms with Gasteiger partial charge in [-0.05, 0) is 24.3 Å². The lowest BCUT2D eigenvalue weighted by molar-refractivity contribution is -0.136. The van der Waals surface area contributed by atoms with E-state index in [0.717, 1.165) is 18.4 Å². The fraction of sp³-hybridized carbons (Fsp3) is 0.500. The second kappa shape index (κ2) is 8.38. The largest absolute Gasteiger partial charge is 0.480 e. The zero-order chi connectivity index (χ0) is 15.8. The average molecular weight is 306 g/mol. The van der Waals surface area contributed by atoms with Gasteiger partial charge >= 0.3 is 12.1 Å². The Morgan fingerprint density at radius 1 is 1.32 bits per heavy atom. The lowest BCUT2D eigenvalue weighted by Gasteiger charge is -2.32. The first-order chi connectivity index (χ1) is 10.6. The third-order valence-electron chi connectivity index (χ3n) is 3.69. The smallest absolute Gasteiger partial charge is 0.410 e. The van der Waals surface area contributed by atoms with Crippen LogP contribution in [0.2, 0.25) is 0 Å². The molecular weight excluding hydrogens is 284 g/mol. The summed E-state index contributed by atoms with van der Waals surface area (Å²) in [5.41, 5.74) is 0.965. The zero-order valence-electron chi connectivity index (χ0n) is 12.5. The minimum absolute atomic E-state index is 0.0467. The average Bonchev–Trinajstić information content (AvgIpc) is 2.53. The number of nitrogens with one attached hydrogen (secondary N) is 1. The molecule has 1 amide bonds. The van der Waals surface area contributed by atoms with Crippen molar-refractivity contribution >= 4 is 12.1 Å². The van der Waals surface area contributed by atoms with Crippen molar-refractivity contribution in [3.05, 3.63) is 35.9 Å². The lowest BCUT2D eigenvalue weighted by atomic mass is 9.98.